The summed E-state index contributed by atoms with van der Waals surface area (Å²) < 4.78 is 6.01. The van der Waals surface area contributed by atoms with Gasteiger partial charge in [0.25, 0.3) is 11.8 Å². The molecule has 0 saturated heterocycles. The Morgan fingerprint density at radius 3 is 2.24 bits per heavy atom. The molecule has 0 unspecified atom stereocenters. The standard InChI is InChI=1S/C22H18BrN3O3/c1-29-20-11-7-16(8-12-20)21(27)25-19-9-5-17(6-10-19)22(28)26-24-14-15-3-2-4-18(23)13-15/h2-14H,1H3,(H,25,27)(H,26,28)/b24-14-. The molecule has 146 valence electrons. The van der Waals surface area contributed by atoms with Crippen molar-refractivity contribution in [3.8, 4) is 5.75 Å². The summed E-state index contributed by atoms with van der Waals surface area (Å²) in [5.74, 6) is 0.0900. The van der Waals surface area contributed by atoms with Crippen molar-refractivity contribution >= 4 is 39.6 Å². The number of methoxy groups -OCH3 is 1. The molecule has 0 radical (unpaired) electrons. The first-order valence-corrected chi connectivity index (χ1v) is 9.49. The third-order valence-electron chi connectivity index (χ3n) is 3.99. The largest absolute Gasteiger partial charge is 0.497 e. The quantitative estimate of drug-likeness (QED) is 0.428. The Morgan fingerprint density at radius 1 is 0.931 bits per heavy atom. The molecule has 3 rings (SSSR count). The minimum absolute atomic E-state index is 0.247. The molecule has 0 fully saturated rings. The second-order valence-electron chi connectivity index (χ2n) is 6.01. The van der Waals surface area contributed by atoms with E-state index in [-0.39, 0.29) is 11.8 Å². The van der Waals surface area contributed by atoms with Crippen molar-refractivity contribution in [2.45, 2.75) is 0 Å². The fourth-order valence-electron chi connectivity index (χ4n) is 2.47. The molecule has 0 aliphatic heterocycles. The number of hydrazone groups is 1. The Hall–Kier alpha value is -3.45. The first-order valence-electron chi connectivity index (χ1n) is 8.69. The molecular weight excluding hydrogens is 434 g/mol. The topological polar surface area (TPSA) is 79.8 Å². The van der Waals surface area contributed by atoms with Gasteiger partial charge in [0.1, 0.15) is 5.75 Å². The smallest absolute Gasteiger partial charge is 0.271 e. The van der Waals surface area contributed by atoms with Gasteiger partial charge >= 0.3 is 0 Å². The average molecular weight is 452 g/mol. The SMILES string of the molecule is COc1ccc(C(=O)Nc2ccc(C(=O)N/N=C\c3cccc(Br)c3)cc2)cc1. The minimum atomic E-state index is -0.343. The van der Waals surface area contributed by atoms with Gasteiger partial charge in [-0.3, -0.25) is 9.59 Å². The predicted octanol–water partition coefficient (Wildman–Crippen LogP) is 4.47. The van der Waals surface area contributed by atoms with Gasteiger partial charge in [-0.05, 0) is 66.2 Å². The minimum Gasteiger partial charge on any atom is -0.497 e. The summed E-state index contributed by atoms with van der Waals surface area (Å²) in [5, 5.41) is 6.74. The zero-order valence-electron chi connectivity index (χ0n) is 15.6. The number of hydrogen-bond acceptors (Lipinski definition) is 4. The molecule has 0 atom stereocenters. The molecule has 2 N–H and O–H groups in total. The molecular formula is C22H18BrN3O3. The van der Waals surface area contributed by atoms with Crippen LogP contribution in [0.1, 0.15) is 26.3 Å². The van der Waals surface area contributed by atoms with E-state index in [0.717, 1.165) is 10.0 Å². The summed E-state index contributed by atoms with van der Waals surface area (Å²) in [4.78, 5) is 24.5. The zero-order valence-corrected chi connectivity index (χ0v) is 17.1. The van der Waals surface area contributed by atoms with E-state index in [0.29, 0.717) is 22.6 Å². The number of carbonyl (C=O) groups excluding carboxylic acids is 2. The van der Waals surface area contributed by atoms with E-state index in [9.17, 15) is 9.59 Å². The third kappa shape index (κ3) is 5.76. The lowest BCUT2D eigenvalue weighted by molar-refractivity contribution is 0.0954. The lowest BCUT2D eigenvalue weighted by Crippen LogP contribution is -2.17. The van der Waals surface area contributed by atoms with Crippen LogP contribution in [0.4, 0.5) is 5.69 Å². The molecule has 29 heavy (non-hydrogen) atoms. The second kappa shape index (κ2) is 9.66. The van der Waals surface area contributed by atoms with Crippen LogP contribution in [0.3, 0.4) is 0 Å². The first kappa shape index (κ1) is 20.3. The van der Waals surface area contributed by atoms with E-state index in [1.165, 1.54) is 0 Å². The maximum Gasteiger partial charge on any atom is 0.271 e. The van der Waals surface area contributed by atoms with Gasteiger partial charge in [-0.1, -0.05) is 28.1 Å². The Bertz CT molecular complexity index is 1030. The highest BCUT2D eigenvalue weighted by Gasteiger charge is 2.08. The second-order valence-corrected chi connectivity index (χ2v) is 6.93. The van der Waals surface area contributed by atoms with Gasteiger partial charge in [-0.2, -0.15) is 5.10 Å². The molecule has 3 aromatic carbocycles. The Labute approximate surface area is 176 Å². The summed E-state index contributed by atoms with van der Waals surface area (Å²) in [6.07, 6.45) is 1.56. The number of anilines is 1. The van der Waals surface area contributed by atoms with Crippen molar-refractivity contribution in [1.29, 1.82) is 0 Å². The lowest BCUT2D eigenvalue weighted by Gasteiger charge is -2.07. The van der Waals surface area contributed by atoms with Crippen LogP contribution in [0.15, 0.2) is 82.4 Å². The molecule has 0 aromatic heterocycles. The van der Waals surface area contributed by atoms with E-state index in [4.69, 9.17) is 4.74 Å². The molecule has 0 saturated carbocycles. The summed E-state index contributed by atoms with van der Waals surface area (Å²) in [5.41, 5.74) is 4.86. The van der Waals surface area contributed by atoms with Crippen LogP contribution in [0.2, 0.25) is 0 Å². The highest BCUT2D eigenvalue weighted by atomic mass is 79.9. The van der Waals surface area contributed by atoms with E-state index in [2.05, 4.69) is 31.8 Å². The van der Waals surface area contributed by atoms with Crippen molar-refractivity contribution in [3.05, 3.63) is 94.0 Å². The fourth-order valence-corrected chi connectivity index (χ4v) is 2.88. The number of halogens is 1. The van der Waals surface area contributed by atoms with E-state index >= 15 is 0 Å². The Kier molecular flexibility index (Phi) is 6.76. The van der Waals surface area contributed by atoms with Crippen molar-refractivity contribution in [1.82, 2.24) is 5.43 Å². The highest BCUT2D eigenvalue weighted by Crippen LogP contribution is 2.15. The van der Waals surface area contributed by atoms with Crippen LogP contribution in [0.25, 0.3) is 0 Å². The molecule has 7 heteroatoms. The van der Waals surface area contributed by atoms with Crippen molar-refractivity contribution in [2.24, 2.45) is 5.10 Å². The number of ether oxygens (including phenoxy) is 1. The number of nitrogens with zero attached hydrogens (tertiary/aromatic N) is 1. The average Bonchev–Trinajstić information content (AvgIpc) is 2.74. The summed E-state index contributed by atoms with van der Waals surface area (Å²) >= 11 is 3.38. The summed E-state index contributed by atoms with van der Waals surface area (Å²) in [6.45, 7) is 0. The van der Waals surface area contributed by atoms with Gasteiger partial charge in [0.15, 0.2) is 0 Å². The number of carbonyl (C=O) groups is 2. The van der Waals surface area contributed by atoms with Crippen LogP contribution >= 0.6 is 15.9 Å². The number of hydrogen-bond donors (Lipinski definition) is 2. The van der Waals surface area contributed by atoms with Crippen LogP contribution in [0.5, 0.6) is 5.75 Å². The van der Waals surface area contributed by atoms with E-state index in [1.807, 2.05) is 24.3 Å². The Morgan fingerprint density at radius 2 is 1.59 bits per heavy atom. The molecule has 0 aliphatic rings. The number of amides is 2. The van der Waals surface area contributed by atoms with Crippen molar-refractivity contribution < 1.29 is 14.3 Å². The van der Waals surface area contributed by atoms with E-state index in [1.54, 1.807) is 61.9 Å². The number of nitrogens with one attached hydrogen (secondary N) is 2. The van der Waals surface area contributed by atoms with Gasteiger partial charge in [0, 0.05) is 21.3 Å². The number of rotatable bonds is 6. The van der Waals surface area contributed by atoms with Crippen LogP contribution < -0.4 is 15.5 Å². The maximum absolute atomic E-state index is 12.3. The van der Waals surface area contributed by atoms with Crippen LogP contribution in [-0.4, -0.2) is 25.1 Å². The normalized spacial score (nSPS) is 10.6. The molecule has 2 amide bonds. The van der Waals surface area contributed by atoms with Gasteiger partial charge in [0.05, 0.1) is 13.3 Å². The number of benzene rings is 3. The van der Waals surface area contributed by atoms with E-state index < -0.39 is 0 Å². The Balaban J connectivity index is 1.57. The monoisotopic (exact) mass is 451 g/mol. The van der Waals surface area contributed by atoms with Gasteiger partial charge < -0.3 is 10.1 Å². The van der Waals surface area contributed by atoms with Gasteiger partial charge in [-0.25, -0.2) is 5.43 Å². The van der Waals surface area contributed by atoms with Gasteiger partial charge in [-0.15, -0.1) is 0 Å². The molecule has 0 bridgehead atoms. The third-order valence-corrected chi connectivity index (χ3v) is 4.48. The predicted molar refractivity (Wildman–Crippen MR) is 117 cm³/mol. The molecule has 6 nitrogen and oxygen atoms in total. The molecule has 0 heterocycles. The fraction of sp³-hybridized carbons (Fsp3) is 0.0455. The van der Waals surface area contributed by atoms with Crippen LogP contribution in [-0.2, 0) is 0 Å². The zero-order chi connectivity index (χ0) is 20.6. The highest BCUT2D eigenvalue weighted by molar-refractivity contribution is 9.10. The summed E-state index contributed by atoms with van der Waals surface area (Å²) in [7, 11) is 1.57. The van der Waals surface area contributed by atoms with Gasteiger partial charge in [0.2, 0.25) is 0 Å². The molecule has 0 aliphatic carbocycles. The van der Waals surface area contributed by atoms with Crippen LogP contribution in [0, 0.1) is 0 Å². The lowest BCUT2D eigenvalue weighted by atomic mass is 10.1. The van der Waals surface area contributed by atoms with Crippen molar-refractivity contribution in [3.63, 3.8) is 0 Å². The first-order chi connectivity index (χ1) is 14.0. The molecule has 0 spiro atoms. The van der Waals surface area contributed by atoms with Crippen molar-refractivity contribution in [2.75, 3.05) is 12.4 Å². The maximum atomic E-state index is 12.3. The molecule has 3 aromatic rings. The summed E-state index contributed by atoms with van der Waals surface area (Å²) in [6, 6.07) is 20.9.